The fourth-order valence-corrected chi connectivity index (χ4v) is 1.97. The number of amides is 1. The van der Waals surface area contributed by atoms with E-state index < -0.39 is 11.7 Å². The molecule has 1 rings (SSSR count). The predicted molar refractivity (Wildman–Crippen MR) is 77.3 cm³/mol. The number of carbonyl (C=O) groups is 1. The molecule has 0 heterocycles. The largest absolute Gasteiger partial charge is 0.347 e. The van der Waals surface area contributed by atoms with Gasteiger partial charge in [-0.15, -0.1) is 0 Å². The molecule has 0 aromatic heterocycles. The third-order valence-electron chi connectivity index (χ3n) is 2.38. The number of hydrogen-bond acceptors (Lipinski definition) is 4. The Kier molecular flexibility index (Phi) is 6.01. The summed E-state index contributed by atoms with van der Waals surface area (Å²) in [6, 6.07) is 4.32. The number of benzene rings is 1. The number of nitrogens with two attached hydrogens (primary N) is 1. The first-order chi connectivity index (χ1) is 9.01. The van der Waals surface area contributed by atoms with E-state index in [0.717, 1.165) is 11.9 Å². The van der Waals surface area contributed by atoms with Crippen molar-refractivity contribution in [1.29, 1.82) is 0 Å². The number of nitrogens with one attached hydrogen (secondary N) is 1. The molecule has 0 unspecified atom stereocenters. The molecule has 19 heavy (non-hydrogen) atoms. The van der Waals surface area contributed by atoms with Crippen LogP contribution < -0.4 is 10.5 Å². The number of aliphatic imine (C=N–C) groups is 1. The van der Waals surface area contributed by atoms with Crippen molar-refractivity contribution in [3.8, 4) is 0 Å². The summed E-state index contributed by atoms with van der Waals surface area (Å²) < 4.78 is 13.5. The van der Waals surface area contributed by atoms with Crippen molar-refractivity contribution in [2.24, 2.45) is 10.1 Å². The summed E-state index contributed by atoms with van der Waals surface area (Å²) in [5.41, 5.74) is 0.632. The summed E-state index contributed by atoms with van der Waals surface area (Å²) in [4.78, 5) is 15.7. The van der Waals surface area contributed by atoms with Gasteiger partial charge in [0.05, 0.1) is 5.70 Å². The molecule has 1 amide bonds. The zero-order chi connectivity index (χ0) is 14.4. The number of allylic oxidation sites excluding steroid dienone is 1. The summed E-state index contributed by atoms with van der Waals surface area (Å²) in [6.07, 6.45) is 0. The second-order valence-corrected chi connectivity index (χ2v) is 4.62. The maximum absolute atomic E-state index is 13.5. The Hall–Kier alpha value is -1.37. The van der Waals surface area contributed by atoms with Crippen LogP contribution >= 0.6 is 23.5 Å². The van der Waals surface area contributed by atoms with Crippen molar-refractivity contribution >= 4 is 36.2 Å². The van der Waals surface area contributed by atoms with Gasteiger partial charge in [0.15, 0.2) is 0 Å². The molecule has 102 valence electrons. The number of halogens is 2. The Labute approximate surface area is 120 Å². The van der Waals surface area contributed by atoms with E-state index in [1.807, 2.05) is 0 Å². The van der Waals surface area contributed by atoms with Gasteiger partial charge < -0.3 is 5.32 Å². The molecule has 0 radical (unpaired) electrons. The summed E-state index contributed by atoms with van der Waals surface area (Å²) in [5.74, 6) is -0.922. The molecular formula is C12H13ClFN3OS. The molecular weight excluding hydrogens is 289 g/mol. The second kappa shape index (κ2) is 7.28. The molecule has 0 aliphatic carbocycles. The van der Waals surface area contributed by atoms with E-state index in [4.69, 9.17) is 16.7 Å². The van der Waals surface area contributed by atoms with Crippen LogP contribution in [-0.2, 0) is 11.3 Å². The van der Waals surface area contributed by atoms with E-state index in [-0.39, 0.29) is 22.0 Å². The molecule has 1 aromatic rings. The van der Waals surface area contributed by atoms with Crippen LogP contribution in [0.3, 0.4) is 0 Å². The molecule has 0 aliphatic rings. The third-order valence-corrected chi connectivity index (χ3v) is 3.45. The summed E-state index contributed by atoms with van der Waals surface area (Å²) in [5, 5.41) is 8.18. The highest BCUT2D eigenvalue weighted by Crippen LogP contribution is 2.20. The number of rotatable bonds is 5. The van der Waals surface area contributed by atoms with Crippen LogP contribution in [0.4, 0.5) is 4.39 Å². The fourth-order valence-electron chi connectivity index (χ4n) is 1.33. The lowest BCUT2D eigenvalue weighted by Gasteiger charge is -2.09. The number of hydrogen-bond donors (Lipinski definition) is 2. The summed E-state index contributed by atoms with van der Waals surface area (Å²) in [6.45, 7) is 4.90. The first-order valence-corrected chi connectivity index (χ1v) is 6.52. The molecule has 0 bridgehead atoms. The lowest BCUT2D eigenvalue weighted by molar-refractivity contribution is -0.117. The number of nitrogens with zero attached hydrogens (tertiary/aromatic N) is 1. The first kappa shape index (κ1) is 15.7. The minimum Gasteiger partial charge on any atom is -0.347 e. The zero-order valence-electron chi connectivity index (χ0n) is 10.2. The van der Waals surface area contributed by atoms with Crippen molar-refractivity contribution in [3.63, 3.8) is 0 Å². The maximum atomic E-state index is 13.5. The Morgan fingerprint density at radius 3 is 2.84 bits per heavy atom. The lowest BCUT2D eigenvalue weighted by Crippen LogP contribution is -2.25. The maximum Gasteiger partial charge on any atom is 0.261 e. The van der Waals surface area contributed by atoms with E-state index in [9.17, 15) is 9.18 Å². The normalized spacial score (nSPS) is 11.8. The highest BCUT2D eigenvalue weighted by Gasteiger charge is 2.14. The Morgan fingerprint density at radius 2 is 2.32 bits per heavy atom. The second-order valence-electron chi connectivity index (χ2n) is 3.57. The first-order valence-electron chi connectivity index (χ1n) is 5.26. The van der Waals surface area contributed by atoms with Gasteiger partial charge in [0.25, 0.3) is 5.91 Å². The van der Waals surface area contributed by atoms with Crippen LogP contribution in [0.25, 0.3) is 0 Å². The van der Waals surface area contributed by atoms with E-state index in [1.54, 1.807) is 13.0 Å². The predicted octanol–water partition coefficient (Wildman–Crippen LogP) is 2.63. The van der Waals surface area contributed by atoms with Crippen LogP contribution in [0, 0.1) is 5.82 Å². The fraction of sp³-hybridized carbons (Fsp3) is 0.167. The quantitative estimate of drug-likeness (QED) is 0.499. The van der Waals surface area contributed by atoms with Crippen molar-refractivity contribution < 1.29 is 9.18 Å². The van der Waals surface area contributed by atoms with Gasteiger partial charge in [-0.1, -0.05) is 17.7 Å². The third kappa shape index (κ3) is 4.05. The SMILES string of the molecule is C=N/C(C)=C(\SN)C(=O)NCc1c(F)cccc1Cl. The van der Waals surface area contributed by atoms with Crippen molar-refractivity contribution in [2.75, 3.05) is 0 Å². The average molecular weight is 302 g/mol. The molecule has 0 aliphatic heterocycles. The Balaban J connectivity index is 2.82. The molecule has 1 aromatic carbocycles. The smallest absolute Gasteiger partial charge is 0.261 e. The van der Waals surface area contributed by atoms with Crippen LogP contribution in [-0.4, -0.2) is 12.6 Å². The van der Waals surface area contributed by atoms with E-state index in [2.05, 4.69) is 17.0 Å². The molecule has 4 nitrogen and oxygen atoms in total. The van der Waals surface area contributed by atoms with E-state index in [1.165, 1.54) is 12.1 Å². The van der Waals surface area contributed by atoms with Crippen LogP contribution in [0.1, 0.15) is 12.5 Å². The van der Waals surface area contributed by atoms with Gasteiger partial charge in [-0.3, -0.25) is 14.9 Å². The van der Waals surface area contributed by atoms with E-state index in [0.29, 0.717) is 5.70 Å². The highest BCUT2D eigenvalue weighted by molar-refractivity contribution is 8.01. The van der Waals surface area contributed by atoms with E-state index >= 15 is 0 Å². The van der Waals surface area contributed by atoms with Gasteiger partial charge in [0, 0.05) is 17.1 Å². The number of carbonyl (C=O) groups excluding carboxylic acids is 1. The van der Waals surface area contributed by atoms with Gasteiger partial charge in [-0.05, 0) is 37.7 Å². The van der Waals surface area contributed by atoms with Crippen LogP contribution in [0.5, 0.6) is 0 Å². The highest BCUT2D eigenvalue weighted by atomic mass is 35.5. The van der Waals surface area contributed by atoms with Crippen LogP contribution in [0.15, 0.2) is 33.8 Å². The minimum absolute atomic E-state index is 0.0289. The summed E-state index contributed by atoms with van der Waals surface area (Å²) >= 11 is 6.62. The molecule has 0 saturated heterocycles. The topological polar surface area (TPSA) is 67.5 Å². The van der Waals surface area contributed by atoms with Crippen molar-refractivity contribution in [3.05, 3.63) is 45.2 Å². The molecule has 3 N–H and O–H groups in total. The van der Waals surface area contributed by atoms with Crippen LogP contribution in [0.2, 0.25) is 5.02 Å². The molecule has 7 heteroatoms. The van der Waals surface area contributed by atoms with Crippen molar-refractivity contribution in [2.45, 2.75) is 13.5 Å². The van der Waals surface area contributed by atoms with Gasteiger partial charge in [-0.2, -0.15) is 0 Å². The van der Waals surface area contributed by atoms with Gasteiger partial charge in [0.2, 0.25) is 0 Å². The van der Waals surface area contributed by atoms with Gasteiger partial charge in [-0.25, -0.2) is 4.39 Å². The average Bonchev–Trinajstić information content (AvgIpc) is 2.38. The zero-order valence-corrected chi connectivity index (χ0v) is 11.8. The Bertz CT molecular complexity index is 513. The monoisotopic (exact) mass is 301 g/mol. The lowest BCUT2D eigenvalue weighted by atomic mass is 10.2. The molecule has 0 saturated carbocycles. The molecule has 0 atom stereocenters. The summed E-state index contributed by atoms with van der Waals surface area (Å²) in [7, 11) is 0. The van der Waals surface area contributed by atoms with Gasteiger partial charge in [0.1, 0.15) is 10.7 Å². The van der Waals surface area contributed by atoms with Gasteiger partial charge >= 0.3 is 0 Å². The minimum atomic E-state index is -0.475. The van der Waals surface area contributed by atoms with Crippen molar-refractivity contribution in [1.82, 2.24) is 5.32 Å². The molecule has 0 spiro atoms. The standard InChI is InChI=1S/C12H13ClFN3OS/c1-7(16-2)11(19-15)12(18)17-6-8-9(13)4-3-5-10(8)14/h3-5H,2,6,15H2,1H3,(H,17,18)/b11-7-. The molecule has 0 fully saturated rings. The Morgan fingerprint density at radius 1 is 1.63 bits per heavy atom.